The van der Waals surface area contributed by atoms with Crippen molar-refractivity contribution < 1.29 is 0 Å². The lowest BCUT2D eigenvalue weighted by molar-refractivity contribution is 0.760. The maximum absolute atomic E-state index is 6.24. The molecule has 0 saturated heterocycles. The average Bonchev–Trinajstić information content (AvgIpc) is 2.96. The summed E-state index contributed by atoms with van der Waals surface area (Å²) in [5, 5.41) is 10.4. The predicted octanol–water partition coefficient (Wildman–Crippen LogP) is 1.85. The Bertz CT molecular complexity index is 686. The van der Waals surface area contributed by atoms with Crippen molar-refractivity contribution in [2.45, 2.75) is 19.9 Å². The number of hydrogen-bond donors (Lipinski definition) is 1. The SMILES string of the molecule is Cc1cc2nnc(C(N)c3cccs3)n2c(C)n1. The fourth-order valence-electron chi connectivity index (χ4n) is 2.06. The zero-order chi connectivity index (χ0) is 12.7. The summed E-state index contributed by atoms with van der Waals surface area (Å²) in [4.78, 5) is 5.50. The fraction of sp³-hybridized carbons (Fsp3) is 0.250. The third-order valence-corrected chi connectivity index (χ3v) is 3.80. The molecule has 0 amide bonds. The van der Waals surface area contributed by atoms with Crippen molar-refractivity contribution in [3.8, 4) is 0 Å². The van der Waals surface area contributed by atoms with Crippen LogP contribution in [-0.2, 0) is 0 Å². The Morgan fingerprint density at radius 2 is 2.17 bits per heavy atom. The summed E-state index contributed by atoms with van der Waals surface area (Å²) >= 11 is 1.62. The fourth-order valence-corrected chi connectivity index (χ4v) is 2.78. The average molecular weight is 259 g/mol. The normalized spacial score (nSPS) is 13.1. The van der Waals surface area contributed by atoms with Gasteiger partial charge in [0.25, 0.3) is 0 Å². The number of hydrogen-bond acceptors (Lipinski definition) is 5. The Morgan fingerprint density at radius 1 is 1.33 bits per heavy atom. The van der Waals surface area contributed by atoms with Gasteiger partial charge in [0.05, 0.1) is 0 Å². The van der Waals surface area contributed by atoms with E-state index in [-0.39, 0.29) is 6.04 Å². The molecule has 0 aliphatic rings. The highest BCUT2D eigenvalue weighted by Gasteiger charge is 2.18. The highest BCUT2D eigenvalue weighted by molar-refractivity contribution is 7.10. The second-order valence-corrected chi connectivity index (χ2v) is 5.17. The molecule has 0 radical (unpaired) electrons. The van der Waals surface area contributed by atoms with Gasteiger partial charge >= 0.3 is 0 Å². The van der Waals surface area contributed by atoms with Crippen LogP contribution in [0.15, 0.2) is 23.6 Å². The van der Waals surface area contributed by atoms with Gasteiger partial charge in [-0.2, -0.15) is 0 Å². The summed E-state index contributed by atoms with van der Waals surface area (Å²) in [6, 6.07) is 5.64. The van der Waals surface area contributed by atoms with Crippen LogP contribution in [0.25, 0.3) is 5.65 Å². The first-order valence-corrected chi connectivity index (χ1v) is 6.53. The smallest absolute Gasteiger partial charge is 0.164 e. The highest BCUT2D eigenvalue weighted by Crippen LogP contribution is 2.23. The molecule has 0 aliphatic carbocycles. The molecule has 0 aliphatic heterocycles. The predicted molar refractivity (Wildman–Crippen MR) is 70.6 cm³/mol. The molecule has 0 bridgehead atoms. The van der Waals surface area contributed by atoms with Gasteiger partial charge in [-0.1, -0.05) is 6.07 Å². The molecule has 3 rings (SSSR count). The minimum atomic E-state index is -0.261. The third kappa shape index (κ3) is 1.70. The molecule has 1 unspecified atom stereocenters. The minimum Gasteiger partial charge on any atom is -0.317 e. The first-order chi connectivity index (χ1) is 8.66. The Balaban J connectivity index is 2.19. The molecule has 3 aromatic heterocycles. The Morgan fingerprint density at radius 3 is 2.89 bits per heavy atom. The van der Waals surface area contributed by atoms with Crippen LogP contribution >= 0.6 is 11.3 Å². The Labute approximate surface area is 108 Å². The van der Waals surface area contributed by atoms with E-state index in [2.05, 4.69) is 15.2 Å². The molecule has 0 spiro atoms. The van der Waals surface area contributed by atoms with Crippen molar-refractivity contribution in [2.24, 2.45) is 5.73 Å². The van der Waals surface area contributed by atoms with Crippen molar-refractivity contribution in [1.82, 2.24) is 19.6 Å². The van der Waals surface area contributed by atoms with E-state index in [1.165, 1.54) is 0 Å². The molecule has 0 fully saturated rings. The van der Waals surface area contributed by atoms with E-state index in [0.717, 1.165) is 27.9 Å². The summed E-state index contributed by atoms with van der Waals surface area (Å²) in [7, 11) is 0. The molecule has 92 valence electrons. The quantitative estimate of drug-likeness (QED) is 0.762. The number of rotatable bonds is 2. The molecule has 18 heavy (non-hydrogen) atoms. The zero-order valence-electron chi connectivity index (χ0n) is 10.2. The van der Waals surface area contributed by atoms with E-state index >= 15 is 0 Å². The van der Waals surface area contributed by atoms with E-state index in [1.54, 1.807) is 11.3 Å². The largest absolute Gasteiger partial charge is 0.317 e. The van der Waals surface area contributed by atoms with Crippen LogP contribution in [0.5, 0.6) is 0 Å². The van der Waals surface area contributed by atoms with E-state index < -0.39 is 0 Å². The van der Waals surface area contributed by atoms with Crippen LogP contribution in [0.3, 0.4) is 0 Å². The van der Waals surface area contributed by atoms with Gasteiger partial charge in [0.2, 0.25) is 0 Å². The van der Waals surface area contributed by atoms with Crippen LogP contribution in [0.1, 0.15) is 28.3 Å². The maximum atomic E-state index is 6.24. The molecule has 3 heterocycles. The number of thiophene rings is 1. The molecule has 3 aromatic rings. The Kier molecular flexibility index (Phi) is 2.61. The number of nitrogens with zero attached hydrogens (tertiary/aromatic N) is 4. The Hall–Kier alpha value is -1.79. The third-order valence-electron chi connectivity index (χ3n) is 2.84. The summed E-state index contributed by atoms with van der Waals surface area (Å²) in [5.74, 6) is 1.59. The van der Waals surface area contributed by atoms with Gasteiger partial charge in [-0.15, -0.1) is 21.5 Å². The first kappa shape index (κ1) is 11.3. The lowest BCUT2D eigenvalue weighted by Crippen LogP contribution is -2.15. The standard InChI is InChI=1S/C12H13N5S/c1-7-6-10-15-16-12(17(10)8(2)14-7)11(13)9-4-3-5-18-9/h3-6,11H,13H2,1-2H3. The minimum absolute atomic E-state index is 0.261. The molecule has 1 atom stereocenters. The number of aryl methyl sites for hydroxylation is 2. The van der Waals surface area contributed by atoms with E-state index in [1.807, 2.05) is 41.8 Å². The molecule has 5 nitrogen and oxygen atoms in total. The summed E-state index contributed by atoms with van der Waals surface area (Å²) in [6.45, 7) is 3.88. The monoisotopic (exact) mass is 259 g/mol. The molecular formula is C12H13N5S. The summed E-state index contributed by atoms with van der Waals surface area (Å²) in [6.07, 6.45) is 0. The second kappa shape index (κ2) is 4.15. The van der Waals surface area contributed by atoms with Gasteiger partial charge in [0.1, 0.15) is 11.9 Å². The second-order valence-electron chi connectivity index (χ2n) is 4.19. The summed E-state index contributed by atoms with van der Waals surface area (Å²) in [5.41, 5.74) is 7.96. The number of nitrogens with two attached hydrogens (primary N) is 1. The van der Waals surface area contributed by atoms with Crippen LogP contribution in [0.4, 0.5) is 0 Å². The van der Waals surface area contributed by atoms with Gasteiger partial charge in [-0.25, -0.2) is 4.98 Å². The van der Waals surface area contributed by atoms with Gasteiger partial charge in [0.15, 0.2) is 11.5 Å². The number of aromatic nitrogens is 4. The molecule has 0 saturated carbocycles. The molecule has 2 N–H and O–H groups in total. The van der Waals surface area contributed by atoms with Gasteiger partial charge in [-0.05, 0) is 25.3 Å². The molecule has 0 aromatic carbocycles. The summed E-state index contributed by atoms with van der Waals surface area (Å²) < 4.78 is 1.91. The maximum Gasteiger partial charge on any atom is 0.164 e. The van der Waals surface area contributed by atoms with Crippen LogP contribution in [0.2, 0.25) is 0 Å². The topological polar surface area (TPSA) is 69.1 Å². The van der Waals surface area contributed by atoms with Gasteiger partial charge in [-0.3, -0.25) is 4.40 Å². The van der Waals surface area contributed by atoms with Crippen molar-refractivity contribution in [1.29, 1.82) is 0 Å². The van der Waals surface area contributed by atoms with Crippen LogP contribution in [-0.4, -0.2) is 19.6 Å². The molecular weight excluding hydrogens is 246 g/mol. The van der Waals surface area contributed by atoms with Crippen molar-refractivity contribution in [2.75, 3.05) is 0 Å². The van der Waals surface area contributed by atoms with Crippen molar-refractivity contribution in [3.05, 3.63) is 45.8 Å². The zero-order valence-corrected chi connectivity index (χ0v) is 11.0. The van der Waals surface area contributed by atoms with Gasteiger partial charge in [0, 0.05) is 16.6 Å². The highest BCUT2D eigenvalue weighted by atomic mass is 32.1. The lowest BCUT2D eigenvalue weighted by Gasteiger charge is -2.09. The van der Waals surface area contributed by atoms with E-state index in [4.69, 9.17) is 5.73 Å². The number of fused-ring (bicyclic) bond motifs is 1. The van der Waals surface area contributed by atoms with Crippen molar-refractivity contribution >= 4 is 17.0 Å². The van der Waals surface area contributed by atoms with Gasteiger partial charge < -0.3 is 5.73 Å². The lowest BCUT2D eigenvalue weighted by atomic mass is 10.2. The van der Waals surface area contributed by atoms with Crippen LogP contribution in [0, 0.1) is 13.8 Å². The van der Waals surface area contributed by atoms with Crippen molar-refractivity contribution in [3.63, 3.8) is 0 Å². The molecule has 6 heteroatoms. The van der Waals surface area contributed by atoms with Crippen LogP contribution < -0.4 is 5.73 Å². The van der Waals surface area contributed by atoms with E-state index in [9.17, 15) is 0 Å². The van der Waals surface area contributed by atoms with E-state index in [0.29, 0.717) is 0 Å². The first-order valence-electron chi connectivity index (χ1n) is 5.65.